The number of halogens is 1. The first kappa shape index (κ1) is 11.0. The Bertz CT molecular complexity index is 559. The van der Waals surface area contributed by atoms with Gasteiger partial charge in [-0.25, -0.2) is 4.39 Å². The Morgan fingerprint density at radius 1 is 1.44 bits per heavy atom. The molecule has 0 unspecified atom stereocenters. The van der Waals surface area contributed by atoms with Crippen LogP contribution in [-0.4, -0.2) is 10.2 Å². The van der Waals surface area contributed by atoms with E-state index in [4.69, 9.17) is 5.26 Å². The van der Waals surface area contributed by atoms with Crippen LogP contribution in [0.25, 0.3) is 0 Å². The average molecular weight is 251 g/mol. The van der Waals surface area contributed by atoms with Crippen molar-refractivity contribution in [2.24, 2.45) is 0 Å². The molecule has 0 aliphatic rings. The summed E-state index contributed by atoms with van der Waals surface area (Å²) in [5.74, 6) is -0.506. The molecule has 0 amide bonds. The maximum atomic E-state index is 13.3. The smallest absolute Gasteiger partial charge is 0.179 e. The SMILES string of the molecule is Cc1nnc(Sc2cccc(F)c2C#N)s1. The fourth-order valence-corrected chi connectivity index (χ4v) is 2.99. The van der Waals surface area contributed by atoms with Gasteiger partial charge in [-0.2, -0.15) is 5.26 Å². The van der Waals surface area contributed by atoms with Crippen LogP contribution in [0.4, 0.5) is 4.39 Å². The van der Waals surface area contributed by atoms with Crippen molar-refractivity contribution < 1.29 is 4.39 Å². The normalized spacial score (nSPS) is 10.1. The Hall–Kier alpha value is -1.45. The first-order chi connectivity index (χ1) is 7.70. The minimum Gasteiger partial charge on any atom is -0.206 e. The third kappa shape index (κ3) is 2.21. The molecule has 2 aromatic rings. The second-order valence-corrected chi connectivity index (χ2v) is 5.38. The van der Waals surface area contributed by atoms with Crippen molar-refractivity contribution in [2.75, 3.05) is 0 Å². The highest BCUT2D eigenvalue weighted by molar-refractivity contribution is 8.01. The molecule has 0 radical (unpaired) electrons. The molecule has 0 saturated carbocycles. The third-order valence-corrected chi connectivity index (χ3v) is 3.74. The fourth-order valence-electron chi connectivity index (χ4n) is 1.11. The van der Waals surface area contributed by atoms with E-state index in [2.05, 4.69) is 10.2 Å². The molecular formula is C10H6FN3S2. The summed E-state index contributed by atoms with van der Waals surface area (Å²) in [6.07, 6.45) is 0. The molecule has 0 spiro atoms. The molecule has 6 heteroatoms. The number of aryl methyl sites for hydroxylation is 1. The number of benzene rings is 1. The van der Waals surface area contributed by atoms with Crippen LogP contribution in [0.3, 0.4) is 0 Å². The number of nitriles is 1. The molecule has 1 aromatic carbocycles. The molecular weight excluding hydrogens is 245 g/mol. The molecule has 0 aliphatic carbocycles. The van der Waals surface area contributed by atoms with Crippen LogP contribution in [0, 0.1) is 24.1 Å². The number of aromatic nitrogens is 2. The van der Waals surface area contributed by atoms with Crippen molar-refractivity contribution in [3.05, 3.63) is 34.6 Å². The number of rotatable bonds is 2. The molecule has 0 fully saturated rings. The Labute approximate surface area is 99.9 Å². The van der Waals surface area contributed by atoms with Crippen LogP contribution in [0.1, 0.15) is 10.6 Å². The van der Waals surface area contributed by atoms with Crippen LogP contribution in [0.5, 0.6) is 0 Å². The molecule has 0 saturated heterocycles. The summed E-state index contributed by atoms with van der Waals surface area (Å²) in [4.78, 5) is 0.568. The highest BCUT2D eigenvalue weighted by atomic mass is 32.2. The van der Waals surface area contributed by atoms with Gasteiger partial charge in [0.05, 0.1) is 0 Å². The van der Waals surface area contributed by atoms with E-state index in [1.807, 2.05) is 13.0 Å². The van der Waals surface area contributed by atoms with Crippen LogP contribution >= 0.6 is 23.1 Å². The maximum Gasteiger partial charge on any atom is 0.179 e. The van der Waals surface area contributed by atoms with Gasteiger partial charge < -0.3 is 0 Å². The van der Waals surface area contributed by atoms with Gasteiger partial charge in [0.1, 0.15) is 22.5 Å². The quantitative estimate of drug-likeness (QED) is 0.823. The number of nitrogens with zero attached hydrogens (tertiary/aromatic N) is 3. The summed E-state index contributed by atoms with van der Waals surface area (Å²) in [5, 5.41) is 17.5. The minimum absolute atomic E-state index is 0.0559. The van der Waals surface area contributed by atoms with Crippen molar-refractivity contribution in [1.82, 2.24) is 10.2 Å². The van der Waals surface area contributed by atoms with Gasteiger partial charge in [0, 0.05) is 4.90 Å². The lowest BCUT2D eigenvalue weighted by molar-refractivity contribution is 0.620. The number of hydrogen-bond acceptors (Lipinski definition) is 5. The standard InChI is InChI=1S/C10H6FN3S2/c1-6-13-14-10(15-6)16-9-4-2-3-8(11)7(9)5-12/h2-4H,1H3. The second kappa shape index (κ2) is 4.60. The first-order valence-electron chi connectivity index (χ1n) is 4.37. The Morgan fingerprint density at radius 2 is 2.25 bits per heavy atom. The first-order valence-corrected chi connectivity index (χ1v) is 6.00. The van der Waals surface area contributed by atoms with Gasteiger partial charge in [-0.05, 0) is 19.1 Å². The molecule has 0 N–H and O–H groups in total. The molecule has 0 bridgehead atoms. The van der Waals surface area contributed by atoms with Crippen molar-refractivity contribution in [1.29, 1.82) is 5.26 Å². The van der Waals surface area contributed by atoms with E-state index in [9.17, 15) is 4.39 Å². The molecule has 0 atom stereocenters. The van der Waals surface area contributed by atoms with Crippen LogP contribution in [-0.2, 0) is 0 Å². The van der Waals surface area contributed by atoms with Crippen LogP contribution in [0.2, 0.25) is 0 Å². The summed E-state index contributed by atoms with van der Waals surface area (Å²) in [6.45, 7) is 1.85. The van der Waals surface area contributed by atoms with Gasteiger partial charge in [0.25, 0.3) is 0 Å². The van der Waals surface area contributed by atoms with Crippen molar-refractivity contribution in [3.8, 4) is 6.07 Å². The zero-order chi connectivity index (χ0) is 11.5. The van der Waals surface area contributed by atoms with E-state index in [1.165, 1.54) is 29.2 Å². The van der Waals surface area contributed by atoms with Gasteiger partial charge in [-0.3, -0.25) is 0 Å². The Morgan fingerprint density at radius 3 is 2.88 bits per heavy atom. The van der Waals surface area contributed by atoms with Crippen LogP contribution < -0.4 is 0 Å². The lowest BCUT2D eigenvalue weighted by Gasteiger charge is -2.00. The summed E-state index contributed by atoms with van der Waals surface area (Å²) in [5.41, 5.74) is 0.0559. The average Bonchev–Trinajstić information content (AvgIpc) is 2.64. The number of hydrogen-bond donors (Lipinski definition) is 0. The zero-order valence-electron chi connectivity index (χ0n) is 8.27. The predicted molar refractivity (Wildman–Crippen MR) is 59.9 cm³/mol. The largest absolute Gasteiger partial charge is 0.206 e. The lowest BCUT2D eigenvalue weighted by atomic mass is 10.2. The minimum atomic E-state index is -0.506. The lowest BCUT2D eigenvalue weighted by Crippen LogP contribution is -1.86. The van der Waals surface area contributed by atoms with E-state index >= 15 is 0 Å². The zero-order valence-corrected chi connectivity index (χ0v) is 9.90. The van der Waals surface area contributed by atoms with Crippen molar-refractivity contribution >= 4 is 23.1 Å². The summed E-state index contributed by atoms with van der Waals surface area (Å²) >= 11 is 2.67. The molecule has 16 heavy (non-hydrogen) atoms. The van der Waals surface area contributed by atoms with Crippen molar-refractivity contribution in [2.45, 2.75) is 16.2 Å². The summed E-state index contributed by atoms with van der Waals surface area (Å²) in [6, 6.07) is 6.40. The Kier molecular flexibility index (Phi) is 3.17. The molecule has 1 aromatic heterocycles. The van der Waals surface area contributed by atoms with E-state index in [1.54, 1.807) is 12.1 Å². The fraction of sp³-hybridized carbons (Fsp3) is 0.100. The van der Waals surface area contributed by atoms with Gasteiger partial charge in [-0.1, -0.05) is 29.2 Å². The highest BCUT2D eigenvalue weighted by Crippen LogP contribution is 2.32. The molecule has 3 nitrogen and oxygen atoms in total. The van der Waals surface area contributed by atoms with Crippen LogP contribution in [0.15, 0.2) is 27.4 Å². The Balaban J connectivity index is 2.35. The van der Waals surface area contributed by atoms with Crippen molar-refractivity contribution in [3.63, 3.8) is 0 Å². The third-order valence-electron chi connectivity index (χ3n) is 1.79. The van der Waals surface area contributed by atoms with Gasteiger partial charge in [-0.15, -0.1) is 10.2 Å². The van der Waals surface area contributed by atoms with E-state index in [-0.39, 0.29) is 5.56 Å². The van der Waals surface area contributed by atoms with E-state index in [0.29, 0.717) is 9.24 Å². The summed E-state index contributed by atoms with van der Waals surface area (Å²) < 4.78 is 14.0. The van der Waals surface area contributed by atoms with Gasteiger partial charge in [0.2, 0.25) is 0 Å². The van der Waals surface area contributed by atoms with E-state index < -0.39 is 5.82 Å². The van der Waals surface area contributed by atoms with Gasteiger partial charge in [0.15, 0.2) is 4.34 Å². The second-order valence-electron chi connectivity index (χ2n) is 2.91. The topological polar surface area (TPSA) is 49.6 Å². The predicted octanol–water partition coefficient (Wildman–Crippen LogP) is 3.01. The van der Waals surface area contributed by atoms with Gasteiger partial charge >= 0.3 is 0 Å². The molecule has 1 heterocycles. The van der Waals surface area contributed by atoms with E-state index in [0.717, 1.165) is 5.01 Å². The highest BCUT2D eigenvalue weighted by Gasteiger charge is 2.11. The monoisotopic (exact) mass is 251 g/mol. The molecule has 80 valence electrons. The molecule has 2 rings (SSSR count). The maximum absolute atomic E-state index is 13.3. The summed E-state index contributed by atoms with van der Waals surface area (Å²) in [7, 11) is 0. The molecule has 0 aliphatic heterocycles.